The summed E-state index contributed by atoms with van der Waals surface area (Å²) in [6, 6.07) is 4.74. The molecule has 17 heavy (non-hydrogen) atoms. The molecule has 0 radical (unpaired) electrons. The standard InChI is InChI=1S/C12H13F3O2/c13-12(14,15)10-4-1-3-9(7-10)8-11(17)5-2-6-16/h1,3-4,7,16H,2,5-6,8H2. The molecule has 0 spiro atoms. The zero-order chi connectivity index (χ0) is 12.9. The molecule has 1 aromatic rings. The van der Waals surface area contributed by atoms with Crippen LogP contribution in [-0.2, 0) is 17.4 Å². The van der Waals surface area contributed by atoms with Gasteiger partial charge in [0.15, 0.2) is 0 Å². The van der Waals surface area contributed by atoms with E-state index in [9.17, 15) is 18.0 Å². The first-order valence-electron chi connectivity index (χ1n) is 5.22. The van der Waals surface area contributed by atoms with Gasteiger partial charge in [-0.3, -0.25) is 4.79 Å². The molecule has 1 N–H and O–H groups in total. The van der Waals surface area contributed by atoms with E-state index in [0.717, 1.165) is 12.1 Å². The number of ketones is 1. The number of hydrogen-bond acceptors (Lipinski definition) is 2. The van der Waals surface area contributed by atoms with E-state index in [4.69, 9.17) is 5.11 Å². The first kappa shape index (κ1) is 13.7. The number of Topliss-reactive ketones (excluding diaryl/α,β-unsaturated/α-hetero) is 1. The molecule has 1 aromatic carbocycles. The van der Waals surface area contributed by atoms with Crippen LogP contribution in [0.3, 0.4) is 0 Å². The summed E-state index contributed by atoms with van der Waals surface area (Å²) in [6.45, 7) is -0.0890. The average Bonchev–Trinajstić information content (AvgIpc) is 2.25. The number of alkyl halides is 3. The molecule has 0 bridgehead atoms. The number of hydrogen-bond donors (Lipinski definition) is 1. The molecule has 0 saturated carbocycles. The van der Waals surface area contributed by atoms with Crippen molar-refractivity contribution in [3.8, 4) is 0 Å². The van der Waals surface area contributed by atoms with Crippen LogP contribution >= 0.6 is 0 Å². The fraction of sp³-hybridized carbons (Fsp3) is 0.417. The Morgan fingerprint density at radius 3 is 2.59 bits per heavy atom. The van der Waals surface area contributed by atoms with Gasteiger partial charge >= 0.3 is 6.18 Å². The van der Waals surface area contributed by atoms with Crippen molar-refractivity contribution >= 4 is 5.78 Å². The van der Waals surface area contributed by atoms with Crippen LogP contribution in [-0.4, -0.2) is 17.5 Å². The molecule has 0 aromatic heterocycles. The van der Waals surface area contributed by atoms with Gasteiger partial charge in [0.25, 0.3) is 0 Å². The molecule has 0 saturated heterocycles. The van der Waals surface area contributed by atoms with Crippen molar-refractivity contribution in [3.63, 3.8) is 0 Å². The molecule has 0 amide bonds. The number of aliphatic hydroxyl groups is 1. The van der Waals surface area contributed by atoms with Crippen molar-refractivity contribution < 1.29 is 23.1 Å². The Balaban J connectivity index is 2.69. The molecular formula is C12H13F3O2. The summed E-state index contributed by atoms with van der Waals surface area (Å²) in [5.41, 5.74) is -0.396. The number of halogens is 3. The van der Waals surface area contributed by atoms with Crippen molar-refractivity contribution in [2.45, 2.75) is 25.4 Å². The van der Waals surface area contributed by atoms with Gasteiger partial charge in [0.2, 0.25) is 0 Å². The molecule has 0 unspecified atom stereocenters. The third-order valence-corrected chi connectivity index (χ3v) is 2.27. The molecule has 0 heterocycles. The van der Waals surface area contributed by atoms with Crippen LogP contribution in [0.1, 0.15) is 24.0 Å². The monoisotopic (exact) mass is 246 g/mol. The number of aliphatic hydroxyl groups excluding tert-OH is 1. The molecule has 0 aliphatic heterocycles. The van der Waals surface area contributed by atoms with E-state index in [-0.39, 0.29) is 25.2 Å². The molecule has 1 rings (SSSR count). The fourth-order valence-corrected chi connectivity index (χ4v) is 1.45. The predicted octanol–water partition coefficient (Wildman–Crippen LogP) is 2.59. The molecule has 2 nitrogen and oxygen atoms in total. The van der Waals surface area contributed by atoms with E-state index in [1.165, 1.54) is 12.1 Å². The van der Waals surface area contributed by atoms with E-state index >= 15 is 0 Å². The van der Waals surface area contributed by atoms with Gasteiger partial charge in [-0.25, -0.2) is 0 Å². The highest BCUT2D eigenvalue weighted by Gasteiger charge is 2.30. The van der Waals surface area contributed by atoms with Crippen LogP contribution in [0.4, 0.5) is 13.2 Å². The summed E-state index contributed by atoms with van der Waals surface area (Å²) in [5, 5.41) is 8.53. The third-order valence-electron chi connectivity index (χ3n) is 2.27. The van der Waals surface area contributed by atoms with E-state index in [2.05, 4.69) is 0 Å². The van der Waals surface area contributed by atoms with Crippen LogP contribution in [0.15, 0.2) is 24.3 Å². The lowest BCUT2D eigenvalue weighted by atomic mass is 10.0. The molecule has 0 fully saturated rings. The fourth-order valence-electron chi connectivity index (χ4n) is 1.45. The number of benzene rings is 1. The minimum atomic E-state index is -4.38. The Morgan fingerprint density at radius 1 is 1.29 bits per heavy atom. The molecule has 5 heteroatoms. The second-order valence-corrected chi connectivity index (χ2v) is 3.74. The Bertz CT molecular complexity index is 386. The number of carbonyl (C=O) groups is 1. The van der Waals surface area contributed by atoms with E-state index in [1.807, 2.05) is 0 Å². The lowest BCUT2D eigenvalue weighted by molar-refractivity contribution is -0.137. The Hall–Kier alpha value is -1.36. The second-order valence-electron chi connectivity index (χ2n) is 3.74. The van der Waals surface area contributed by atoms with E-state index in [0.29, 0.717) is 12.0 Å². The summed E-state index contributed by atoms with van der Waals surface area (Å²) in [6.07, 6.45) is -3.88. The third kappa shape index (κ3) is 4.56. The van der Waals surface area contributed by atoms with Gasteiger partial charge in [-0.1, -0.05) is 18.2 Å². The summed E-state index contributed by atoms with van der Waals surface area (Å²) in [5.74, 6) is -0.168. The van der Waals surface area contributed by atoms with Crippen molar-refractivity contribution in [1.29, 1.82) is 0 Å². The van der Waals surface area contributed by atoms with Crippen LogP contribution in [0.5, 0.6) is 0 Å². The van der Waals surface area contributed by atoms with Crippen LogP contribution in [0, 0.1) is 0 Å². The van der Waals surface area contributed by atoms with Crippen molar-refractivity contribution in [2.75, 3.05) is 6.61 Å². The molecule has 0 aliphatic carbocycles. The summed E-state index contributed by atoms with van der Waals surface area (Å²) < 4.78 is 37.2. The Labute approximate surface area is 97.1 Å². The minimum Gasteiger partial charge on any atom is -0.396 e. The van der Waals surface area contributed by atoms with Gasteiger partial charge in [-0.15, -0.1) is 0 Å². The Morgan fingerprint density at radius 2 is 2.00 bits per heavy atom. The first-order valence-corrected chi connectivity index (χ1v) is 5.22. The molecule has 0 atom stereocenters. The smallest absolute Gasteiger partial charge is 0.396 e. The van der Waals surface area contributed by atoms with Crippen molar-refractivity contribution in [2.24, 2.45) is 0 Å². The summed E-state index contributed by atoms with van der Waals surface area (Å²) in [4.78, 5) is 11.3. The van der Waals surface area contributed by atoms with E-state index < -0.39 is 11.7 Å². The van der Waals surface area contributed by atoms with Gasteiger partial charge in [-0.2, -0.15) is 13.2 Å². The maximum absolute atomic E-state index is 12.4. The van der Waals surface area contributed by atoms with Gasteiger partial charge in [0.05, 0.1) is 5.56 Å². The van der Waals surface area contributed by atoms with Crippen LogP contribution < -0.4 is 0 Å². The maximum Gasteiger partial charge on any atom is 0.416 e. The second kappa shape index (κ2) is 5.82. The van der Waals surface area contributed by atoms with Crippen molar-refractivity contribution in [3.05, 3.63) is 35.4 Å². The zero-order valence-corrected chi connectivity index (χ0v) is 9.13. The zero-order valence-electron chi connectivity index (χ0n) is 9.13. The number of rotatable bonds is 5. The van der Waals surface area contributed by atoms with E-state index in [1.54, 1.807) is 0 Å². The van der Waals surface area contributed by atoms with Gasteiger partial charge in [0.1, 0.15) is 5.78 Å². The van der Waals surface area contributed by atoms with Crippen LogP contribution in [0.2, 0.25) is 0 Å². The average molecular weight is 246 g/mol. The van der Waals surface area contributed by atoms with Gasteiger partial charge in [0, 0.05) is 19.4 Å². The first-order chi connectivity index (χ1) is 7.93. The highest BCUT2D eigenvalue weighted by molar-refractivity contribution is 5.80. The lowest BCUT2D eigenvalue weighted by Gasteiger charge is -2.08. The van der Waals surface area contributed by atoms with Crippen molar-refractivity contribution in [1.82, 2.24) is 0 Å². The minimum absolute atomic E-state index is 0.0239. The quantitative estimate of drug-likeness (QED) is 0.867. The predicted molar refractivity (Wildman–Crippen MR) is 56.5 cm³/mol. The van der Waals surface area contributed by atoms with Crippen LogP contribution in [0.25, 0.3) is 0 Å². The topological polar surface area (TPSA) is 37.3 Å². The molecule has 94 valence electrons. The van der Waals surface area contributed by atoms with Gasteiger partial charge in [-0.05, 0) is 18.1 Å². The summed E-state index contributed by atoms with van der Waals surface area (Å²) in [7, 11) is 0. The lowest BCUT2D eigenvalue weighted by Crippen LogP contribution is -2.08. The SMILES string of the molecule is O=C(CCCO)Cc1cccc(C(F)(F)F)c1. The molecular weight excluding hydrogens is 233 g/mol. The highest BCUT2D eigenvalue weighted by atomic mass is 19.4. The molecule has 0 aliphatic rings. The van der Waals surface area contributed by atoms with Gasteiger partial charge < -0.3 is 5.11 Å². The maximum atomic E-state index is 12.4. The largest absolute Gasteiger partial charge is 0.416 e. The number of carbonyl (C=O) groups excluding carboxylic acids is 1. The highest BCUT2D eigenvalue weighted by Crippen LogP contribution is 2.29. The summed E-state index contributed by atoms with van der Waals surface area (Å²) >= 11 is 0. The Kier molecular flexibility index (Phi) is 4.69. The normalized spacial score (nSPS) is 11.5.